The number of piperidine rings is 1. The second kappa shape index (κ2) is 4.70. The van der Waals surface area contributed by atoms with Gasteiger partial charge in [0.15, 0.2) is 0 Å². The molecule has 17 heavy (non-hydrogen) atoms. The van der Waals surface area contributed by atoms with Crippen LogP contribution in [0.3, 0.4) is 0 Å². The lowest BCUT2D eigenvalue weighted by atomic mass is 9.77. The van der Waals surface area contributed by atoms with Crippen molar-refractivity contribution in [3.63, 3.8) is 0 Å². The summed E-state index contributed by atoms with van der Waals surface area (Å²) in [5.41, 5.74) is -1.05. The van der Waals surface area contributed by atoms with Crippen LogP contribution in [-0.2, 0) is 5.60 Å². The molecule has 2 nitrogen and oxygen atoms in total. The van der Waals surface area contributed by atoms with E-state index in [2.05, 4.69) is 5.32 Å². The molecule has 1 aliphatic rings. The maximum Gasteiger partial charge on any atom is 0.132 e. The molecule has 2 rings (SSSR count). The average molecular weight is 241 g/mol. The second-order valence-corrected chi connectivity index (χ2v) is 4.80. The molecule has 94 valence electrons. The van der Waals surface area contributed by atoms with Gasteiger partial charge in [0.1, 0.15) is 11.6 Å². The first-order valence-electron chi connectivity index (χ1n) is 5.90. The van der Waals surface area contributed by atoms with Gasteiger partial charge in [-0.2, -0.15) is 0 Å². The van der Waals surface area contributed by atoms with E-state index >= 15 is 0 Å². The summed E-state index contributed by atoms with van der Waals surface area (Å²) in [5.74, 6) is -1.29. The van der Waals surface area contributed by atoms with Crippen molar-refractivity contribution >= 4 is 0 Å². The van der Waals surface area contributed by atoms with Crippen LogP contribution >= 0.6 is 0 Å². The highest BCUT2D eigenvalue weighted by Gasteiger charge is 2.36. The number of aliphatic hydroxyl groups is 1. The topological polar surface area (TPSA) is 32.3 Å². The first kappa shape index (κ1) is 12.5. The van der Waals surface area contributed by atoms with Gasteiger partial charge in [0.25, 0.3) is 0 Å². The minimum Gasteiger partial charge on any atom is -0.385 e. The summed E-state index contributed by atoms with van der Waals surface area (Å²) in [6.07, 6.45) is 1.59. The Kier molecular flexibility index (Phi) is 3.45. The molecule has 1 saturated heterocycles. The molecule has 1 aliphatic heterocycles. The van der Waals surface area contributed by atoms with Gasteiger partial charge < -0.3 is 10.4 Å². The molecule has 2 N–H and O–H groups in total. The molecule has 0 spiro atoms. The quantitative estimate of drug-likeness (QED) is 0.831. The van der Waals surface area contributed by atoms with Gasteiger partial charge >= 0.3 is 0 Å². The Balaban J connectivity index is 2.29. The second-order valence-electron chi connectivity index (χ2n) is 4.80. The predicted octanol–water partition coefficient (Wildman–Crippen LogP) is 2.17. The van der Waals surface area contributed by atoms with Crippen molar-refractivity contribution in [1.29, 1.82) is 0 Å². The molecule has 1 atom stereocenters. The molecular weight excluding hydrogens is 224 g/mol. The molecule has 4 heteroatoms. The average Bonchev–Trinajstić information content (AvgIpc) is 2.29. The SMILES string of the molecule is CC(O)(c1ccc(F)cc1F)C1CCNCC1. The Morgan fingerprint density at radius 2 is 1.94 bits per heavy atom. The summed E-state index contributed by atoms with van der Waals surface area (Å²) in [6, 6.07) is 3.35. The molecule has 0 amide bonds. The van der Waals surface area contributed by atoms with Crippen LogP contribution < -0.4 is 5.32 Å². The van der Waals surface area contributed by atoms with Gasteiger partial charge in [-0.1, -0.05) is 6.07 Å². The summed E-state index contributed by atoms with van der Waals surface area (Å²) < 4.78 is 26.5. The third-order valence-electron chi connectivity index (χ3n) is 3.61. The third kappa shape index (κ3) is 2.48. The van der Waals surface area contributed by atoms with Gasteiger partial charge in [0, 0.05) is 11.6 Å². The molecule has 0 aromatic heterocycles. The number of hydrogen-bond donors (Lipinski definition) is 2. The molecular formula is C13H17F2NO. The molecule has 0 saturated carbocycles. The Morgan fingerprint density at radius 3 is 2.53 bits per heavy atom. The number of halogens is 2. The highest BCUT2D eigenvalue weighted by molar-refractivity contribution is 5.25. The van der Waals surface area contributed by atoms with Crippen molar-refractivity contribution in [1.82, 2.24) is 5.32 Å². The van der Waals surface area contributed by atoms with E-state index < -0.39 is 17.2 Å². The van der Waals surface area contributed by atoms with Gasteiger partial charge in [0.2, 0.25) is 0 Å². The summed E-state index contributed by atoms with van der Waals surface area (Å²) >= 11 is 0. The maximum atomic E-state index is 13.7. The summed E-state index contributed by atoms with van der Waals surface area (Å²) in [4.78, 5) is 0. The lowest BCUT2D eigenvalue weighted by Crippen LogP contribution is -2.40. The highest BCUT2D eigenvalue weighted by Crippen LogP contribution is 2.36. The van der Waals surface area contributed by atoms with Crippen LogP contribution in [0.5, 0.6) is 0 Å². The molecule has 1 aromatic carbocycles. The molecule has 0 aliphatic carbocycles. The van der Waals surface area contributed by atoms with Crippen molar-refractivity contribution < 1.29 is 13.9 Å². The molecule has 0 bridgehead atoms. The Bertz CT molecular complexity index is 400. The highest BCUT2D eigenvalue weighted by atomic mass is 19.1. The smallest absolute Gasteiger partial charge is 0.132 e. The molecule has 1 heterocycles. The van der Waals surface area contributed by atoms with Crippen LogP contribution in [0.4, 0.5) is 8.78 Å². The summed E-state index contributed by atoms with van der Waals surface area (Å²) in [7, 11) is 0. The van der Waals surface area contributed by atoms with E-state index in [1.54, 1.807) is 6.92 Å². The monoisotopic (exact) mass is 241 g/mol. The van der Waals surface area contributed by atoms with Crippen LogP contribution in [0.25, 0.3) is 0 Å². The Labute approximate surface area is 99.7 Å². The number of rotatable bonds is 2. The fraction of sp³-hybridized carbons (Fsp3) is 0.538. The van der Waals surface area contributed by atoms with Crippen LogP contribution in [0, 0.1) is 17.6 Å². The van der Waals surface area contributed by atoms with E-state index in [0.717, 1.165) is 32.0 Å². The minimum absolute atomic E-state index is 0.00344. The number of benzene rings is 1. The zero-order valence-corrected chi connectivity index (χ0v) is 9.84. The van der Waals surface area contributed by atoms with Gasteiger partial charge in [-0.05, 0) is 44.8 Å². The first-order valence-corrected chi connectivity index (χ1v) is 5.90. The Morgan fingerprint density at radius 1 is 1.29 bits per heavy atom. The predicted molar refractivity (Wildman–Crippen MR) is 61.5 cm³/mol. The van der Waals surface area contributed by atoms with E-state index in [1.807, 2.05) is 0 Å². The fourth-order valence-corrected chi connectivity index (χ4v) is 2.50. The van der Waals surface area contributed by atoms with E-state index in [4.69, 9.17) is 0 Å². The largest absolute Gasteiger partial charge is 0.385 e. The van der Waals surface area contributed by atoms with Crippen LogP contribution in [-0.4, -0.2) is 18.2 Å². The lowest BCUT2D eigenvalue weighted by molar-refractivity contribution is -0.0215. The van der Waals surface area contributed by atoms with Gasteiger partial charge in [-0.3, -0.25) is 0 Å². The maximum absolute atomic E-state index is 13.7. The van der Waals surface area contributed by atoms with E-state index in [0.29, 0.717) is 0 Å². The van der Waals surface area contributed by atoms with Crippen LogP contribution in [0.2, 0.25) is 0 Å². The van der Waals surface area contributed by atoms with Gasteiger partial charge in [-0.25, -0.2) is 8.78 Å². The summed E-state index contributed by atoms with van der Waals surface area (Å²) in [5, 5.41) is 13.7. The number of hydrogen-bond acceptors (Lipinski definition) is 2. The molecule has 1 aromatic rings. The zero-order valence-electron chi connectivity index (χ0n) is 9.84. The minimum atomic E-state index is -1.24. The molecule has 1 unspecified atom stereocenters. The third-order valence-corrected chi connectivity index (χ3v) is 3.61. The normalized spacial score (nSPS) is 21.2. The van der Waals surface area contributed by atoms with Crippen molar-refractivity contribution in [3.8, 4) is 0 Å². The van der Waals surface area contributed by atoms with Crippen molar-refractivity contribution in [2.75, 3.05) is 13.1 Å². The lowest BCUT2D eigenvalue weighted by Gasteiger charge is -2.36. The Hall–Kier alpha value is -1.00. The van der Waals surface area contributed by atoms with Crippen LogP contribution in [0.15, 0.2) is 18.2 Å². The molecule has 1 fully saturated rings. The first-order chi connectivity index (χ1) is 8.01. The van der Waals surface area contributed by atoms with Crippen molar-refractivity contribution in [2.45, 2.75) is 25.4 Å². The zero-order chi connectivity index (χ0) is 12.5. The van der Waals surface area contributed by atoms with Gasteiger partial charge in [-0.15, -0.1) is 0 Å². The van der Waals surface area contributed by atoms with Crippen LogP contribution in [0.1, 0.15) is 25.3 Å². The van der Waals surface area contributed by atoms with E-state index in [-0.39, 0.29) is 11.5 Å². The number of nitrogens with one attached hydrogen (secondary N) is 1. The fourth-order valence-electron chi connectivity index (χ4n) is 2.50. The van der Waals surface area contributed by atoms with Crippen molar-refractivity contribution in [2.24, 2.45) is 5.92 Å². The van der Waals surface area contributed by atoms with Crippen molar-refractivity contribution in [3.05, 3.63) is 35.4 Å². The van der Waals surface area contributed by atoms with E-state index in [1.165, 1.54) is 12.1 Å². The molecule has 0 radical (unpaired) electrons. The van der Waals surface area contributed by atoms with E-state index in [9.17, 15) is 13.9 Å². The standard InChI is InChI=1S/C13H17F2NO/c1-13(17,9-4-6-16-7-5-9)11-3-2-10(14)8-12(11)15/h2-3,8-9,16-17H,4-7H2,1H3. The summed E-state index contributed by atoms with van der Waals surface area (Å²) in [6.45, 7) is 3.26. The van der Waals surface area contributed by atoms with Gasteiger partial charge in [0.05, 0.1) is 5.60 Å².